The summed E-state index contributed by atoms with van der Waals surface area (Å²) in [7, 11) is 0.431. The van der Waals surface area contributed by atoms with Crippen molar-refractivity contribution in [3.05, 3.63) is 29.8 Å². The van der Waals surface area contributed by atoms with E-state index in [9.17, 15) is 8.42 Å². The minimum absolute atomic E-state index is 0.113. The van der Waals surface area contributed by atoms with Crippen molar-refractivity contribution in [2.45, 2.75) is 12.3 Å². The molecule has 23 heavy (non-hydrogen) atoms. The monoisotopic (exact) mass is 339 g/mol. The number of aliphatic imine (C=N–C) groups is 1. The van der Waals surface area contributed by atoms with Gasteiger partial charge >= 0.3 is 0 Å². The van der Waals surface area contributed by atoms with Crippen LogP contribution < -0.4 is 10.1 Å². The van der Waals surface area contributed by atoms with E-state index in [1.165, 1.54) is 11.8 Å². The molecule has 6 nitrogen and oxygen atoms in total. The summed E-state index contributed by atoms with van der Waals surface area (Å²) in [6.07, 6.45) is 2.30. The zero-order chi connectivity index (χ0) is 16.9. The first-order valence-electron chi connectivity index (χ1n) is 7.70. The number of nitrogens with zero attached hydrogens (tertiary/aromatic N) is 2. The van der Waals surface area contributed by atoms with Crippen LogP contribution in [0.5, 0.6) is 5.75 Å². The number of hydrogen-bond acceptors (Lipinski definition) is 4. The van der Waals surface area contributed by atoms with Gasteiger partial charge in [-0.2, -0.15) is 0 Å². The van der Waals surface area contributed by atoms with Crippen molar-refractivity contribution in [3.8, 4) is 5.75 Å². The number of sulfone groups is 1. The third kappa shape index (κ3) is 5.13. The normalized spacial score (nSPS) is 19.0. The van der Waals surface area contributed by atoms with Crippen LogP contribution in [-0.4, -0.2) is 65.1 Å². The van der Waals surface area contributed by atoms with Gasteiger partial charge in [0.15, 0.2) is 5.96 Å². The van der Waals surface area contributed by atoms with Gasteiger partial charge in [0.05, 0.1) is 12.9 Å². The molecule has 1 aromatic rings. The molecule has 1 aliphatic heterocycles. The van der Waals surface area contributed by atoms with Gasteiger partial charge < -0.3 is 15.0 Å². The molecule has 2 rings (SSSR count). The van der Waals surface area contributed by atoms with Crippen LogP contribution in [0.2, 0.25) is 0 Å². The molecule has 1 N–H and O–H groups in total. The number of ether oxygens (including phenoxy) is 1. The topological polar surface area (TPSA) is 71.0 Å². The third-order valence-corrected chi connectivity index (χ3v) is 4.99. The largest absolute Gasteiger partial charge is 0.497 e. The lowest BCUT2D eigenvalue weighted by molar-refractivity contribution is 0.414. The molecular formula is C16H25N3O3S. The fraction of sp³-hybridized carbons (Fsp3) is 0.562. The summed E-state index contributed by atoms with van der Waals surface area (Å²) >= 11 is 0. The molecule has 0 aliphatic carbocycles. The fourth-order valence-corrected chi connectivity index (χ4v) is 3.25. The number of hydrogen-bond donors (Lipinski definition) is 1. The predicted molar refractivity (Wildman–Crippen MR) is 93.0 cm³/mol. The van der Waals surface area contributed by atoms with Crippen molar-refractivity contribution >= 4 is 15.8 Å². The minimum atomic E-state index is -2.96. The highest BCUT2D eigenvalue weighted by atomic mass is 32.2. The van der Waals surface area contributed by atoms with Crippen LogP contribution in [0.4, 0.5) is 0 Å². The Morgan fingerprint density at radius 3 is 2.65 bits per heavy atom. The molecule has 1 unspecified atom stereocenters. The molecule has 1 aliphatic rings. The van der Waals surface area contributed by atoms with Crippen LogP contribution in [0, 0.1) is 0 Å². The van der Waals surface area contributed by atoms with Gasteiger partial charge in [0.1, 0.15) is 15.6 Å². The second kappa shape index (κ2) is 7.68. The van der Waals surface area contributed by atoms with Gasteiger partial charge in [0.2, 0.25) is 0 Å². The average Bonchev–Trinajstić information content (AvgIpc) is 3.00. The summed E-state index contributed by atoms with van der Waals surface area (Å²) in [5.74, 6) is 2.20. The van der Waals surface area contributed by atoms with Crippen LogP contribution in [-0.2, 0) is 9.84 Å². The van der Waals surface area contributed by atoms with E-state index in [1.807, 2.05) is 12.1 Å². The Balaban J connectivity index is 1.92. The first kappa shape index (κ1) is 17.6. The first-order valence-corrected chi connectivity index (χ1v) is 9.76. The van der Waals surface area contributed by atoms with Gasteiger partial charge in [0.25, 0.3) is 0 Å². The van der Waals surface area contributed by atoms with Crippen molar-refractivity contribution in [2.24, 2.45) is 4.99 Å². The molecule has 0 bridgehead atoms. The van der Waals surface area contributed by atoms with Crippen molar-refractivity contribution in [3.63, 3.8) is 0 Å². The quantitative estimate of drug-likeness (QED) is 0.643. The smallest absolute Gasteiger partial charge is 0.193 e. The van der Waals surface area contributed by atoms with Crippen molar-refractivity contribution in [1.82, 2.24) is 10.2 Å². The van der Waals surface area contributed by atoms with Gasteiger partial charge in [-0.3, -0.25) is 4.99 Å². The maximum Gasteiger partial charge on any atom is 0.193 e. The molecule has 0 radical (unpaired) electrons. The number of guanidine groups is 1. The van der Waals surface area contributed by atoms with Crippen LogP contribution in [0.15, 0.2) is 29.3 Å². The molecular weight excluding hydrogens is 314 g/mol. The Bertz CT molecular complexity index is 641. The number of rotatable bonds is 5. The Labute approximate surface area is 138 Å². The zero-order valence-electron chi connectivity index (χ0n) is 13.9. The van der Waals surface area contributed by atoms with E-state index in [-0.39, 0.29) is 5.75 Å². The maximum atomic E-state index is 11.2. The average molecular weight is 339 g/mol. The number of methoxy groups -OCH3 is 1. The van der Waals surface area contributed by atoms with Crippen molar-refractivity contribution in [1.29, 1.82) is 0 Å². The lowest BCUT2D eigenvalue weighted by atomic mass is 9.98. The summed E-state index contributed by atoms with van der Waals surface area (Å²) < 4.78 is 27.6. The minimum Gasteiger partial charge on any atom is -0.497 e. The molecule has 0 spiro atoms. The highest BCUT2D eigenvalue weighted by Gasteiger charge is 2.26. The first-order chi connectivity index (χ1) is 10.9. The van der Waals surface area contributed by atoms with Gasteiger partial charge in [-0.1, -0.05) is 12.1 Å². The zero-order valence-corrected chi connectivity index (χ0v) is 14.8. The molecule has 1 aromatic carbocycles. The Morgan fingerprint density at radius 1 is 1.39 bits per heavy atom. The van der Waals surface area contributed by atoms with Crippen molar-refractivity contribution in [2.75, 3.05) is 45.8 Å². The molecule has 1 saturated heterocycles. The van der Waals surface area contributed by atoms with Gasteiger partial charge in [0, 0.05) is 38.9 Å². The Kier molecular flexibility index (Phi) is 5.87. The van der Waals surface area contributed by atoms with Crippen molar-refractivity contribution < 1.29 is 13.2 Å². The standard InChI is InChI=1S/C16H25N3O3S/c1-17-16(18-9-11-23(3,20)21)19-10-8-14(12-19)13-4-6-15(22-2)7-5-13/h4-7,14H,8-12H2,1-3H3,(H,17,18). The molecule has 0 saturated carbocycles. The van der Waals surface area contributed by atoms with Crippen LogP contribution in [0.1, 0.15) is 17.9 Å². The lowest BCUT2D eigenvalue weighted by Gasteiger charge is -2.21. The Hall–Kier alpha value is -1.76. The van der Waals surface area contributed by atoms with E-state index in [2.05, 4.69) is 27.3 Å². The second-order valence-corrected chi connectivity index (χ2v) is 8.07. The molecule has 1 fully saturated rings. The SMILES string of the molecule is CN=C(NCCS(C)(=O)=O)N1CCC(c2ccc(OC)cc2)C1. The summed E-state index contributed by atoms with van der Waals surface area (Å²) in [5.41, 5.74) is 1.29. The summed E-state index contributed by atoms with van der Waals surface area (Å²) in [6.45, 7) is 2.18. The fourth-order valence-electron chi connectivity index (χ4n) is 2.78. The highest BCUT2D eigenvalue weighted by molar-refractivity contribution is 7.90. The second-order valence-electron chi connectivity index (χ2n) is 5.81. The third-order valence-electron chi connectivity index (χ3n) is 4.04. The van der Waals surface area contributed by atoms with E-state index >= 15 is 0 Å². The predicted octanol–water partition coefficient (Wildman–Crippen LogP) is 1.10. The van der Waals surface area contributed by atoms with E-state index in [1.54, 1.807) is 14.2 Å². The molecule has 0 aromatic heterocycles. The van der Waals surface area contributed by atoms with Gasteiger partial charge in [-0.15, -0.1) is 0 Å². The molecule has 7 heteroatoms. The van der Waals surface area contributed by atoms with E-state index in [4.69, 9.17) is 4.74 Å². The molecule has 1 atom stereocenters. The lowest BCUT2D eigenvalue weighted by Crippen LogP contribution is -2.41. The summed E-state index contributed by atoms with van der Waals surface area (Å²) in [4.78, 5) is 6.44. The highest BCUT2D eigenvalue weighted by Crippen LogP contribution is 2.28. The van der Waals surface area contributed by atoms with Crippen LogP contribution in [0.25, 0.3) is 0 Å². The van der Waals surface area contributed by atoms with Crippen LogP contribution >= 0.6 is 0 Å². The summed E-state index contributed by atoms with van der Waals surface area (Å²) in [5, 5.41) is 3.13. The van der Waals surface area contributed by atoms with E-state index < -0.39 is 9.84 Å². The Morgan fingerprint density at radius 2 is 2.09 bits per heavy atom. The number of benzene rings is 1. The number of likely N-dealkylation sites (tertiary alicyclic amines) is 1. The number of nitrogens with one attached hydrogen (secondary N) is 1. The van der Waals surface area contributed by atoms with Gasteiger partial charge in [-0.25, -0.2) is 8.42 Å². The molecule has 0 amide bonds. The van der Waals surface area contributed by atoms with E-state index in [0.717, 1.165) is 31.2 Å². The van der Waals surface area contributed by atoms with Gasteiger partial charge in [-0.05, 0) is 24.1 Å². The van der Waals surface area contributed by atoms with Crippen LogP contribution in [0.3, 0.4) is 0 Å². The molecule has 128 valence electrons. The molecule has 1 heterocycles. The van der Waals surface area contributed by atoms with E-state index in [0.29, 0.717) is 12.5 Å². The maximum absolute atomic E-state index is 11.2. The summed E-state index contributed by atoms with van der Waals surface area (Å²) in [6, 6.07) is 8.17.